The zero-order valence-electron chi connectivity index (χ0n) is 8.47. The summed E-state index contributed by atoms with van der Waals surface area (Å²) < 4.78 is 35.1. The van der Waals surface area contributed by atoms with Crippen LogP contribution in [0.2, 0.25) is 0 Å². The summed E-state index contributed by atoms with van der Waals surface area (Å²) in [6, 6.07) is 0.294. The lowest BCUT2D eigenvalue weighted by Gasteiger charge is -2.07. The topological polar surface area (TPSA) is 79.5 Å². The summed E-state index contributed by atoms with van der Waals surface area (Å²) in [5.74, 6) is -0.720. The van der Waals surface area contributed by atoms with Crippen molar-refractivity contribution in [2.24, 2.45) is 10.7 Å². The number of hydrogen-bond acceptors (Lipinski definition) is 2. The molecular formula is C8H13F3N4O. The Balaban J connectivity index is 2.17. The molecule has 0 aromatic carbocycles. The minimum atomic E-state index is -4.41. The Labute approximate surface area is 90.3 Å². The van der Waals surface area contributed by atoms with Crippen molar-refractivity contribution in [3.05, 3.63) is 0 Å². The van der Waals surface area contributed by atoms with E-state index in [9.17, 15) is 18.0 Å². The molecule has 0 atom stereocenters. The highest BCUT2D eigenvalue weighted by Gasteiger charge is 2.27. The highest BCUT2D eigenvalue weighted by atomic mass is 19.4. The fourth-order valence-corrected chi connectivity index (χ4v) is 0.894. The van der Waals surface area contributed by atoms with E-state index in [1.165, 1.54) is 0 Å². The smallest absolute Gasteiger partial charge is 0.370 e. The van der Waals surface area contributed by atoms with Crippen LogP contribution in [-0.2, 0) is 4.79 Å². The molecule has 0 saturated heterocycles. The quantitative estimate of drug-likeness (QED) is 0.466. The third-order valence-electron chi connectivity index (χ3n) is 1.81. The van der Waals surface area contributed by atoms with E-state index in [-0.39, 0.29) is 5.96 Å². The summed E-state index contributed by atoms with van der Waals surface area (Å²) in [5.41, 5.74) is 5.38. The Bertz CT molecular complexity index is 285. The minimum absolute atomic E-state index is 0.0876. The molecule has 1 aliphatic rings. The van der Waals surface area contributed by atoms with Crippen LogP contribution >= 0.6 is 0 Å². The van der Waals surface area contributed by atoms with Gasteiger partial charge in [-0.1, -0.05) is 0 Å². The first kappa shape index (κ1) is 12.6. The van der Waals surface area contributed by atoms with Gasteiger partial charge in [0, 0.05) is 6.04 Å². The lowest BCUT2D eigenvalue weighted by atomic mass is 10.5. The molecule has 8 heteroatoms. The van der Waals surface area contributed by atoms with Crippen LogP contribution in [0.1, 0.15) is 12.8 Å². The second-order valence-electron chi connectivity index (χ2n) is 3.51. The van der Waals surface area contributed by atoms with Gasteiger partial charge in [-0.15, -0.1) is 0 Å². The summed E-state index contributed by atoms with van der Waals surface area (Å²) in [6.45, 7) is -1.75. The standard InChI is InChI=1S/C8H13F3N4O/c9-8(10,11)4-14-6(16)3-13-7(12)15-5-1-2-5/h5H,1-4H2,(H,14,16)(H3,12,13,15). The summed E-state index contributed by atoms with van der Waals surface area (Å²) in [4.78, 5) is 14.5. The van der Waals surface area contributed by atoms with Crippen LogP contribution in [0, 0.1) is 0 Å². The van der Waals surface area contributed by atoms with Gasteiger partial charge >= 0.3 is 6.18 Å². The van der Waals surface area contributed by atoms with Gasteiger partial charge in [0.05, 0.1) is 0 Å². The van der Waals surface area contributed by atoms with E-state index in [1.54, 1.807) is 5.32 Å². The van der Waals surface area contributed by atoms with Gasteiger partial charge in [0.1, 0.15) is 13.1 Å². The highest BCUT2D eigenvalue weighted by molar-refractivity contribution is 5.84. The average Bonchev–Trinajstić information content (AvgIpc) is 2.94. The first-order chi connectivity index (χ1) is 7.37. The second-order valence-corrected chi connectivity index (χ2v) is 3.51. The van der Waals surface area contributed by atoms with Crippen molar-refractivity contribution in [3.63, 3.8) is 0 Å². The van der Waals surface area contributed by atoms with Gasteiger partial charge in [0.15, 0.2) is 5.96 Å². The van der Waals surface area contributed by atoms with Crippen molar-refractivity contribution in [2.45, 2.75) is 25.1 Å². The number of carbonyl (C=O) groups is 1. The molecule has 0 aromatic heterocycles. The first-order valence-electron chi connectivity index (χ1n) is 4.77. The van der Waals surface area contributed by atoms with E-state index in [0.717, 1.165) is 12.8 Å². The zero-order chi connectivity index (χ0) is 12.2. The lowest BCUT2D eigenvalue weighted by Crippen LogP contribution is -2.37. The van der Waals surface area contributed by atoms with Gasteiger partial charge in [-0.05, 0) is 12.8 Å². The first-order valence-corrected chi connectivity index (χ1v) is 4.77. The van der Waals surface area contributed by atoms with Crippen molar-refractivity contribution >= 4 is 11.9 Å². The number of alkyl halides is 3. The van der Waals surface area contributed by atoms with Crippen LogP contribution in [0.5, 0.6) is 0 Å². The number of halogens is 3. The molecule has 4 N–H and O–H groups in total. The Hall–Kier alpha value is -1.47. The normalized spacial score (nSPS) is 17.1. The fourth-order valence-electron chi connectivity index (χ4n) is 0.894. The minimum Gasteiger partial charge on any atom is -0.370 e. The third-order valence-corrected chi connectivity index (χ3v) is 1.81. The van der Waals surface area contributed by atoms with E-state index < -0.39 is 25.2 Å². The van der Waals surface area contributed by atoms with Gasteiger partial charge in [0.2, 0.25) is 5.91 Å². The molecule has 1 aliphatic carbocycles. The molecule has 1 fully saturated rings. The largest absolute Gasteiger partial charge is 0.405 e. The van der Waals surface area contributed by atoms with Crippen LogP contribution in [0.15, 0.2) is 4.99 Å². The third kappa shape index (κ3) is 6.10. The number of carbonyl (C=O) groups excluding carboxylic acids is 1. The van der Waals surface area contributed by atoms with E-state index in [0.29, 0.717) is 6.04 Å². The van der Waals surface area contributed by atoms with Crippen molar-refractivity contribution in [2.75, 3.05) is 13.1 Å². The Morgan fingerprint density at radius 2 is 2.06 bits per heavy atom. The summed E-state index contributed by atoms with van der Waals surface area (Å²) >= 11 is 0. The van der Waals surface area contributed by atoms with Crippen LogP contribution in [0.4, 0.5) is 13.2 Å². The van der Waals surface area contributed by atoms with Gasteiger partial charge < -0.3 is 16.4 Å². The number of nitrogens with two attached hydrogens (primary N) is 1. The van der Waals surface area contributed by atoms with Gasteiger partial charge in [-0.2, -0.15) is 13.2 Å². The van der Waals surface area contributed by atoms with Crippen LogP contribution < -0.4 is 16.4 Å². The maximum Gasteiger partial charge on any atom is 0.405 e. The molecule has 0 aliphatic heterocycles. The molecule has 92 valence electrons. The summed E-state index contributed by atoms with van der Waals surface area (Å²) in [6.07, 6.45) is -2.41. The number of rotatable bonds is 4. The monoisotopic (exact) mass is 238 g/mol. The molecule has 1 amide bonds. The number of nitrogens with one attached hydrogen (secondary N) is 2. The van der Waals surface area contributed by atoms with E-state index in [4.69, 9.17) is 5.73 Å². The van der Waals surface area contributed by atoms with Crippen molar-refractivity contribution in [3.8, 4) is 0 Å². The molecule has 0 bridgehead atoms. The molecule has 0 unspecified atom stereocenters. The number of guanidine groups is 1. The molecular weight excluding hydrogens is 225 g/mol. The Kier molecular flexibility index (Phi) is 3.97. The molecule has 0 radical (unpaired) electrons. The number of hydrogen-bond donors (Lipinski definition) is 3. The maximum atomic E-state index is 11.7. The Morgan fingerprint density at radius 1 is 1.44 bits per heavy atom. The predicted molar refractivity (Wildman–Crippen MR) is 51.7 cm³/mol. The van der Waals surface area contributed by atoms with Crippen molar-refractivity contribution in [1.29, 1.82) is 0 Å². The molecule has 1 saturated carbocycles. The van der Waals surface area contributed by atoms with E-state index in [2.05, 4.69) is 10.3 Å². The van der Waals surface area contributed by atoms with Gasteiger partial charge in [-0.3, -0.25) is 4.79 Å². The molecule has 0 spiro atoms. The molecule has 5 nitrogen and oxygen atoms in total. The van der Waals surface area contributed by atoms with Gasteiger partial charge in [-0.25, -0.2) is 4.99 Å². The van der Waals surface area contributed by atoms with Crippen LogP contribution in [0.3, 0.4) is 0 Å². The number of amides is 1. The van der Waals surface area contributed by atoms with E-state index >= 15 is 0 Å². The van der Waals surface area contributed by atoms with Crippen LogP contribution in [-0.4, -0.2) is 37.2 Å². The number of nitrogens with zero attached hydrogens (tertiary/aromatic N) is 1. The molecule has 0 heterocycles. The SMILES string of the molecule is NC(=NCC(=O)NCC(F)(F)F)NC1CC1. The predicted octanol–water partition coefficient (Wildman–Crippen LogP) is -0.268. The average molecular weight is 238 g/mol. The lowest BCUT2D eigenvalue weighted by molar-refractivity contribution is -0.137. The summed E-state index contributed by atoms with van der Waals surface area (Å²) in [5, 5.41) is 4.50. The fraction of sp³-hybridized carbons (Fsp3) is 0.750. The van der Waals surface area contributed by atoms with Crippen molar-refractivity contribution in [1.82, 2.24) is 10.6 Å². The highest BCUT2D eigenvalue weighted by Crippen LogP contribution is 2.17. The molecule has 16 heavy (non-hydrogen) atoms. The number of aliphatic imine (C=N–C) groups is 1. The second kappa shape index (κ2) is 5.04. The Morgan fingerprint density at radius 3 is 2.56 bits per heavy atom. The van der Waals surface area contributed by atoms with Gasteiger partial charge in [0.25, 0.3) is 0 Å². The van der Waals surface area contributed by atoms with Crippen LogP contribution in [0.25, 0.3) is 0 Å². The zero-order valence-corrected chi connectivity index (χ0v) is 8.47. The maximum absolute atomic E-state index is 11.7. The summed E-state index contributed by atoms with van der Waals surface area (Å²) in [7, 11) is 0. The van der Waals surface area contributed by atoms with Crippen molar-refractivity contribution < 1.29 is 18.0 Å². The molecule has 1 rings (SSSR count). The molecule has 0 aromatic rings. The van der Waals surface area contributed by atoms with E-state index in [1.807, 2.05) is 0 Å².